The molecule has 0 aliphatic carbocycles. The zero-order valence-corrected chi connectivity index (χ0v) is 18.4. The van der Waals surface area contributed by atoms with Crippen molar-refractivity contribution in [3.05, 3.63) is 59.7 Å². The number of methoxy groups -OCH3 is 1. The third-order valence-corrected chi connectivity index (χ3v) is 7.00. The van der Waals surface area contributed by atoms with Gasteiger partial charge in [0.1, 0.15) is 11.5 Å². The van der Waals surface area contributed by atoms with E-state index in [0.29, 0.717) is 36.6 Å². The molecule has 0 N–H and O–H groups in total. The molecule has 1 fully saturated rings. The lowest BCUT2D eigenvalue weighted by Gasteiger charge is -2.29. The first kappa shape index (κ1) is 22.2. The highest BCUT2D eigenvalue weighted by Gasteiger charge is 2.35. The SMILES string of the molecule is CCCCOc1cccc(C(=O)N(Cc2cccc(OC)c2)C2CCS(=O)(=O)C2)c1. The van der Waals surface area contributed by atoms with Gasteiger partial charge in [-0.25, -0.2) is 8.42 Å². The number of ether oxygens (including phenoxy) is 2. The van der Waals surface area contributed by atoms with E-state index < -0.39 is 9.84 Å². The molecule has 6 nitrogen and oxygen atoms in total. The lowest BCUT2D eigenvalue weighted by molar-refractivity contribution is 0.0680. The third kappa shape index (κ3) is 5.75. The van der Waals surface area contributed by atoms with Gasteiger partial charge in [0.25, 0.3) is 5.91 Å². The predicted octanol–water partition coefficient (Wildman–Crippen LogP) is 3.70. The molecule has 1 aliphatic rings. The van der Waals surface area contributed by atoms with Gasteiger partial charge in [0, 0.05) is 18.2 Å². The molecule has 0 radical (unpaired) electrons. The standard InChI is InChI=1S/C23H29NO5S/c1-3-4-12-29-22-10-6-8-19(15-22)23(25)24(20-11-13-30(26,27)17-20)16-18-7-5-9-21(14-18)28-2/h5-10,14-15,20H,3-4,11-13,16-17H2,1-2H3. The van der Waals surface area contributed by atoms with Crippen LogP contribution in [0.4, 0.5) is 0 Å². The first-order chi connectivity index (χ1) is 14.4. The van der Waals surface area contributed by atoms with Gasteiger partial charge < -0.3 is 14.4 Å². The molecule has 0 bridgehead atoms. The van der Waals surface area contributed by atoms with Crippen LogP contribution in [-0.2, 0) is 16.4 Å². The molecular weight excluding hydrogens is 402 g/mol. The number of benzene rings is 2. The van der Waals surface area contributed by atoms with Gasteiger partial charge in [-0.1, -0.05) is 31.5 Å². The van der Waals surface area contributed by atoms with Crippen LogP contribution in [0.3, 0.4) is 0 Å². The second-order valence-corrected chi connectivity index (χ2v) is 9.80. The molecule has 0 saturated carbocycles. The van der Waals surface area contributed by atoms with Crippen LogP contribution in [-0.4, -0.2) is 50.5 Å². The Morgan fingerprint density at radius 2 is 1.90 bits per heavy atom. The molecule has 7 heteroatoms. The predicted molar refractivity (Wildman–Crippen MR) is 117 cm³/mol. The van der Waals surface area contributed by atoms with Gasteiger partial charge in [-0.2, -0.15) is 0 Å². The summed E-state index contributed by atoms with van der Waals surface area (Å²) in [6, 6.07) is 14.2. The maximum absolute atomic E-state index is 13.4. The van der Waals surface area contributed by atoms with E-state index in [2.05, 4.69) is 6.92 Å². The van der Waals surface area contributed by atoms with Crippen molar-refractivity contribution in [3.63, 3.8) is 0 Å². The summed E-state index contributed by atoms with van der Waals surface area (Å²) in [4.78, 5) is 15.1. The molecule has 2 aromatic carbocycles. The zero-order valence-electron chi connectivity index (χ0n) is 17.5. The van der Waals surface area contributed by atoms with Crippen molar-refractivity contribution in [2.75, 3.05) is 25.2 Å². The third-order valence-electron chi connectivity index (χ3n) is 5.24. The average molecular weight is 432 g/mol. The van der Waals surface area contributed by atoms with E-state index in [1.807, 2.05) is 30.3 Å². The summed E-state index contributed by atoms with van der Waals surface area (Å²) in [5.74, 6) is 1.26. The number of sulfone groups is 1. The Hall–Kier alpha value is -2.54. The Balaban J connectivity index is 1.85. The van der Waals surface area contributed by atoms with Crippen molar-refractivity contribution in [1.29, 1.82) is 0 Å². The topological polar surface area (TPSA) is 72.9 Å². The van der Waals surface area contributed by atoms with Crippen molar-refractivity contribution in [1.82, 2.24) is 4.90 Å². The first-order valence-corrected chi connectivity index (χ1v) is 12.1. The van der Waals surface area contributed by atoms with E-state index in [4.69, 9.17) is 9.47 Å². The fraction of sp³-hybridized carbons (Fsp3) is 0.435. The number of hydrogen-bond acceptors (Lipinski definition) is 5. The number of carbonyl (C=O) groups is 1. The maximum atomic E-state index is 13.4. The molecule has 1 aliphatic heterocycles. The van der Waals surface area contributed by atoms with Crippen LogP contribution in [0.15, 0.2) is 48.5 Å². The van der Waals surface area contributed by atoms with Gasteiger partial charge in [-0.05, 0) is 48.7 Å². The van der Waals surface area contributed by atoms with Crippen molar-refractivity contribution < 1.29 is 22.7 Å². The summed E-state index contributed by atoms with van der Waals surface area (Å²) < 4.78 is 35.2. The molecule has 1 atom stereocenters. The van der Waals surface area contributed by atoms with Crippen molar-refractivity contribution in [3.8, 4) is 11.5 Å². The monoisotopic (exact) mass is 431 g/mol. The highest BCUT2D eigenvalue weighted by Crippen LogP contribution is 2.25. The molecule has 0 aromatic heterocycles. The van der Waals surface area contributed by atoms with Crippen LogP contribution in [0.5, 0.6) is 11.5 Å². The highest BCUT2D eigenvalue weighted by molar-refractivity contribution is 7.91. The normalized spacial score (nSPS) is 17.5. The van der Waals surface area contributed by atoms with Gasteiger partial charge in [0.2, 0.25) is 0 Å². The average Bonchev–Trinajstić information content (AvgIpc) is 3.11. The molecule has 2 aromatic rings. The molecule has 1 saturated heterocycles. The first-order valence-electron chi connectivity index (χ1n) is 10.3. The molecule has 1 amide bonds. The summed E-state index contributed by atoms with van der Waals surface area (Å²) in [7, 11) is -1.53. The second-order valence-electron chi connectivity index (χ2n) is 7.57. The Bertz CT molecular complexity index is 973. The maximum Gasteiger partial charge on any atom is 0.254 e. The van der Waals surface area contributed by atoms with Crippen LogP contribution in [0.25, 0.3) is 0 Å². The van der Waals surface area contributed by atoms with E-state index in [9.17, 15) is 13.2 Å². The lowest BCUT2D eigenvalue weighted by Crippen LogP contribution is -2.40. The van der Waals surface area contributed by atoms with E-state index in [-0.39, 0.29) is 23.5 Å². The summed E-state index contributed by atoms with van der Waals surface area (Å²) >= 11 is 0. The van der Waals surface area contributed by atoms with Gasteiger partial charge in [0.05, 0.1) is 25.2 Å². The van der Waals surface area contributed by atoms with Crippen LogP contribution in [0.1, 0.15) is 42.1 Å². The largest absolute Gasteiger partial charge is 0.497 e. The lowest BCUT2D eigenvalue weighted by atomic mass is 10.1. The number of amides is 1. The minimum atomic E-state index is -3.13. The quantitative estimate of drug-likeness (QED) is 0.566. The van der Waals surface area contributed by atoms with E-state index in [1.165, 1.54) is 0 Å². The minimum Gasteiger partial charge on any atom is -0.497 e. The summed E-state index contributed by atoms with van der Waals surface area (Å²) in [5.41, 5.74) is 1.39. The summed E-state index contributed by atoms with van der Waals surface area (Å²) in [5, 5.41) is 0. The fourth-order valence-corrected chi connectivity index (χ4v) is 5.31. The Labute approximate surface area is 178 Å². The second kappa shape index (κ2) is 9.98. The van der Waals surface area contributed by atoms with Crippen molar-refractivity contribution in [2.24, 2.45) is 0 Å². The number of nitrogens with zero attached hydrogens (tertiary/aromatic N) is 1. The van der Waals surface area contributed by atoms with Crippen LogP contribution in [0.2, 0.25) is 0 Å². The van der Waals surface area contributed by atoms with Crippen molar-refractivity contribution >= 4 is 15.7 Å². The van der Waals surface area contributed by atoms with Crippen LogP contribution in [0, 0.1) is 0 Å². The summed E-state index contributed by atoms with van der Waals surface area (Å²) in [6.07, 6.45) is 2.42. The Morgan fingerprint density at radius 3 is 2.60 bits per heavy atom. The van der Waals surface area contributed by atoms with E-state index in [1.54, 1.807) is 30.2 Å². The number of hydrogen-bond donors (Lipinski definition) is 0. The fourth-order valence-electron chi connectivity index (χ4n) is 3.57. The molecule has 1 heterocycles. The molecule has 0 spiro atoms. The Kier molecular flexibility index (Phi) is 7.37. The molecular formula is C23H29NO5S. The van der Waals surface area contributed by atoms with Crippen molar-refractivity contribution in [2.45, 2.75) is 38.8 Å². The smallest absolute Gasteiger partial charge is 0.254 e. The van der Waals surface area contributed by atoms with Gasteiger partial charge >= 0.3 is 0 Å². The molecule has 30 heavy (non-hydrogen) atoms. The summed E-state index contributed by atoms with van der Waals surface area (Å²) in [6.45, 7) is 3.01. The van der Waals surface area contributed by atoms with Gasteiger partial charge in [-0.3, -0.25) is 4.79 Å². The number of unbranched alkanes of at least 4 members (excludes halogenated alkanes) is 1. The molecule has 162 valence electrons. The number of rotatable bonds is 9. The van der Waals surface area contributed by atoms with Crippen LogP contribution < -0.4 is 9.47 Å². The van der Waals surface area contributed by atoms with Gasteiger partial charge in [0.15, 0.2) is 9.84 Å². The van der Waals surface area contributed by atoms with Crippen LogP contribution >= 0.6 is 0 Å². The van der Waals surface area contributed by atoms with E-state index in [0.717, 1.165) is 18.4 Å². The number of carbonyl (C=O) groups excluding carboxylic acids is 1. The zero-order chi connectivity index (χ0) is 21.6. The molecule has 3 rings (SSSR count). The van der Waals surface area contributed by atoms with E-state index >= 15 is 0 Å². The highest BCUT2D eigenvalue weighted by atomic mass is 32.2. The minimum absolute atomic E-state index is 0.00456. The Morgan fingerprint density at radius 1 is 1.13 bits per heavy atom. The van der Waals surface area contributed by atoms with Gasteiger partial charge in [-0.15, -0.1) is 0 Å². The molecule has 1 unspecified atom stereocenters.